The SMILES string of the molecule is O=C(O)COc1ccc(C(=O)OCc2ccccc2)cc1. The topological polar surface area (TPSA) is 72.8 Å². The van der Waals surface area contributed by atoms with Crippen LogP contribution in [0, 0.1) is 0 Å². The Morgan fingerprint density at radius 3 is 2.24 bits per heavy atom. The lowest BCUT2D eigenvalue weighted by atomic mass is 10.2. The molecule has 0 radical (unpaired) electrons. The first kappa shape index (κ1) is 14.6. The zero-order valence-electron chi connectivity index (χ0n) is 11.2. The molecule has 1 N–H and O–H groups in total. The lowest BCUT2D eigenvalue weighted by Crippen LogP contribution is -2.09. The summed E-state index contributed by atoms with van der Waals surface area (Å²) in [5, 5.41) is 8.50. The monoisotopic (exact) mass is 286 g/mol. The Hall–Kier alpha value is -2.82. The van der Waals surface area contributed by atoms with Gasteiger partial charge in [0.25, 0.3) is 0 Å². The predicted molar refractivity (Wildman–Crippen MR) is 75.1 cm³/mol. The molecule has 5 heteroatoms. The van der Waals surface area contributed by atoms with E-state index in [1.807, 2.05) is 30.3 Å². The number of hydrogen-bond acceptors (Lipinski definition) is 4. The first-order valence-electron chi connectivity index (χ1n) is 6.31. The molecule has 5 nitrogen and oxygen atoms in total. The van der Waals surface area contributed by atoms with E-state index in [0.29, 0.717) is 11.3 Å². The van der Waals surface area contributed by atoms with Crippen molar-refractivity contribution >= 4 is 11.9 Å². The molecule has 0 saturated carbocycles. The van der Waals surface area contributed by atoms with Crippen molar-refractivity contribution in [3.8, 4) is 5.75 Å². The molecule has 0 amide bonds. The summed E-state index contributed by atoms with van der Waals surface area (Å²) in [4.78, 5) is 22.2. The third-order valence-corrected chi connectivity index (χ3v) is 2.67. The summed E-state index contributed by atoms with van der Waals surface area (Å²) in [5.41, 5.74) is 1.29. The van der Waals surface area contributed by atoms with Gasteiger partial charge in [0.05, 0.1) is 5.56 Å². The minimum Gasteiger partial charge on any atom is -0.482 e. The fourth-order valence-electron chi connectivity index (χ4n) is 1.64. The van der Waals surface area contributed by atoms with E-state index in [2.05, 4.69) is 0 Å². The van der Waals surface area contributed by atoms with Gasteiger partial charge in [-0.2, -0.15) is 0 Å². The normalized spacial score (nSPS) is 9.90. The molecule has 21 heavy (non-hydrogen) atoms. The summed E-state index contributed by atoms with van der Waals surface area (Å²) >= 11 is 0. The third kappa shape index (κ3) is 4.65. The maximum Gasteiger partial charge on any atom is 0.341 e. The molecule has 2 rings (SSSR count). The minimum atomic E-state index is -1.05. The standard InChI is InChI=1S/C16H14O5/c17-15(18)11-20-14-8-6-13(7-9-14)16(19)21-10-12-4-2-1-3-5-12/h1-9H,10-11H2,(H,17,18). The molecule has 0 bridgehead atoms. The molecular formula is C16H14O5. The van der Waals surface area contributed by atoms with Crippen LogP contribution >= 0.6 is 0 Å². The number of carbonyl (C=O) groups excluding carboxylic acids is 1. The van der Waals surface area contributed by atoms with Crippen LogP contribution in [0.3, 0.4) is 0 Å². The number of carboxylic acid groups (broad SMARTS) is 1. The van der Waals surface area contributed by atoms with Crippen LogP contribution in [-0.4, -0.2) is 23.7 Å². The van der Waals surface area contributed by atoms with Crippen molar-refractivity contribution in [2.24, 2.45) is 0 Å². The predicted octanol–water partition coefficient (Wildman–Crippen LogP) is 2.51. The number of esters is 1. The molecule has 108 valence electrons. The molecule has 0 heterocycles. The molecule has 2 aromatic carbocycles. The Kier molecular flexibility index (Phi) is 4.93. The Labute approximate surface area is 121 Å². The smallest absolute Gasteiger partial charge is 0.341 e. The van der Waals surface area contributed by atoms with Crippen molar-refractivity contribution in [2.45, 2.75) is 6.61 Å². The molecule has 0 saturated heterocycles. The average Bonchev–Trinajstić information content (AvgIpc) is 2.52. The maximum atomic E-state index is 11.8. The number of benzene rings is 2. The number of carboxylic acids is 1. The van der Waals surface area contributed by atoms with E-state index in [1.54, 1.807) is 0 Å². The van der Waals surface area contributed by atoms with Crippen molar-refractivity contribution in [3.05, 3.63) is 65.7 Å². The Morgan fingerprint density at radius 1 is 0.952 bits per heavy atom. The Bertz CT molecular complexity index is 604. The van der Waals surface area contributed by atoms with E-state index in [0.717, 1.165) is 5.56 Å². The quantitative estimate of drug-likeness (QED) is 0.826. The van der Waals surface area contributed by atoms with Crippen LogP contribution in [0.2, 0.25) is 0 Å². The van der Waals surface area contributed by atoms with E-state index in [4.69, 9.17) is 14.6 Å². The summed E-state index contributed by atoms with van der Waals surface area (Å²) in [6, 6.07) is 15.5. The Morgan fingerprint density at radius 2 is 1.62 bits per heavy atom. The second-order valence-corrected chi connectivity index (χ2v) is 4.27. The van der Waals surface area contributed by atoms with Crippen LogP contribution in [0.5, 0.6) is 5.75 Å². The highest BCUT2D eigenvalue weighted by atomic mass is 16.5. The van der Waals surface area contributed by atoms with Gasteiger partial charge < -0.3 is 14.6 Å². The van der Waals surface area contributed by atoms with Crippen molar-refractivity contribution in [2.75, 3.05) is 6.61 Å². The van der Waals surface area contributed by atoms with Crippen molar-refractivity contribution in [3.63, 3.8) is 0 Å². The van der Waals surface area contributed by atoms with Crippen molar-refractivity contribution < 1.29 is 24.2 Å². The van der Waals surface area contributed by atoms with Crippen LogP contribution in [0.15, 0.2) is 54.6 Å². The number of hydrogen-bond donors (Lipinski definition) is 1. The van der Waals surface area contributed by atoms with E-state index in [1.165, 1.54) is 24.3 Å². The zero-order chi connectivity index (χ0) is 15.1. The van der Waals surface area contributed by atoms with E-state index < -0.39 is 18.5 Å². The summed E-state index contributed by atoms with van der Waals surface area (Å²) in [6.07, 6.45) is 0. The van der Waals surface area contributed by atoms with Crippen LogP contribution < -0.4 is 4.74 Å². The Balaban J connectivity index is 1.89. The maximum absolute atomic E-state index is 11.8. The van der Waals surface area contributed by atoms with Gasteiger partial charge in [0.2, 0.25) is 0 Å². The van der Waals surface area contributed by atoms with Gasteiger partial charge in [-0.3, -0.25) is 0 Å². The average molecular weight is 286 g/mol. The molecule has 0 atom stereocenters. The fraction of sp³-hybridized carbons (Fsp3) is 0.125. The van der Waals surface area contributed by atoms with Gasteiger partial charge in [-0.25, -0.2) is 9.59 Å². The van der Waals surface area contributed by atoms with Crippen LogP contribution in [0.25, 0.3) is 0 Å². The van der Waals surface area contributed by atoms with Crippen LogP contribution in [0.4, 0.5) is 0 Å². The molecular weight excluding hydrogens is 272 g/mol. The van der Waals surface area contributed by atoms with E-state index in [-0.39, 0.29) is 6.61 Å². The van der Waals surface area contributed by atoms with E-state index in [9.17, 15) is 9.59 Å². The summed E-state index contributed by atoms with van der Waals surface area (Å²) in [7, 11) is 0. The van der Waals surface area contributed by atoms with Crippen LogP contribution in [-0.2, 0) is 16.1 Å². The van der Waals surface area contributed by atoms with Gasteiger partial charge in [0.15, 0.2) is 6.61 Å². The van der Waals surface area contributed by atoms with Crippen LogP contribution in [0.1, 0.15) is 15.9 Å². The lowest BCUT2D eigenvalue weighted by molar-refractivity contribution is -0.139. The number of rotatable bonds is 6. The van der Waals surface area contributed by atoms with E-state index >= 15 is 0 Å². The number of carbonyl (C=O) groups is 2. The number of aliphatic carboxylic acids is 1. The first-order valence-corrected chi connectivity index (χ1v) is 6.31. The highest BCUT2D eigenvalue weighted by Gasteiger charge is 2.08. The molecule has 0 unspecified atom stereocenters. The molecule has 0 aliphatic heterocycles. The highest BCUT2D eigenvalue weighted by Crippen LogP contribution is 2.13. The van der Waals surface area contributed by atoms with Gasteiger partial charge >= 0.3 is 11.9 Å². The number of ether oxygens (including phenoxy) is 2. The summed E-state index contributed by atoms with van der Waals surface area (Å²) < 4.78 is 10.2. The zero-order valence-corrected chi connectivity index (χ0v) is 11.2. The van der Waals surface area contributed by atoms with Crippen molar-refractivity contribution in [1.82, 2.24) is 0 Å². The lowest BCUT2D eigenvalue weighted by Gasteiger charge is -2.06. The van der Waals surface area contributed by atoms with Gasteiger partial charge in [-0.15, -0.1) is 0 Å². The summed E-state index contributed by atoms with van der Waals surface area (Å²) in [6.45, 7) is -0.214. The second kappa shape index (κ2) is 7.09. The van der Waals surface area contributed by atoms with Gasteiger partial charge in [-0.1, -0.05) is 30.3 Å². The largest absolute Gasteiger partial charge is 0.482 e. The summed E-state index contributed by atoms with van der Waals surface area (Å²) in [5.74, 6) is -1.11. The molecule has 0 aromatic heterocycles. The molecule has 0 aliphatic carbocycles. The first-order chi connectivity index (χ1) is 10.1. The fourth-order valence-corrected chi connectivity index (χ4v) is 1.64. The molecule has 0 spiro atoms. The molecule has 2 aromatic rings. The minimum absolute atomic E-state index is 0.205. The van der Waals surface area contributed by atoms with Gasteiger partial charge in [0.1, 0.15) is 12.4 Å². The molecule has 0 fully saturated rings. The van der Waals surface area contributed by atoms with Crippen molar-refractivity contribution in [1.29, 1.82) is 0 Å². The van der Waals surface area contributed by atoms with Gasteiger partial charge in [-0.05, 0) is 29.8 Å². The van der Waals surface area contributed by atoms with Gasteiger partial charge in [0, 0.05) is 0 Å². The molecule has 0 aliphatic rings. The third-order valence-electron chi connectivity index (χ3n) is 2.67. The second-order valence-electron chi connectivity index (χ2n) is 4.27. The highest BCUT2D eigenvalue weighted by molar-refractivity contribution is 5.89.